The zero-order valence-electron chi connectivity index (χ0n) is 10.2. The number of nitrogens with zero attached hydrogens (tertiary/aromatic N) is 4. The van der Waals surface area contributed by atoms with E-state index < -0.39 is 5.92 Å². The van der Waals surface area contributed by atoms with Gasteiger partial charge in [0.25, 0.3) is 0 Å². The molecule has 1 amide bonds. The first kappa shape index (κ1) is 13.7. The molecule has 1 rings (SSSR count). The van der Waals surface area contributed by atoms with Crippen LogP contribution in [0.3, 0.4) is 0 Å². The molecule has 0 saturated heterocycles. The molecule has 92 valence electrons. The van der Waals surface area contributed by atoms with Crippen molar-refractivity contribution in [2.24, 2.45) is 5.92 Å². The Balaban J connectivity index is 2.76. The molecule has 0 bridgehead atoms. The van der Waals surface area contributed by atoms with E-state index in [1.165, 1.54) is 4.90 Å². The third-order valence-corrected chi connectivity index (χ3v) is 2.47. The summed E-state index contributed by atoms with van der Waals surface area (Å²) in [5.74, 6) is -0.947. The molecule has 0 fully saturated rings. The summed E-state index contributed by atoms with van der Waals surface area (Å²) in [6.45, 7) is 2.27. The van der Waals surface area contributed by atoms with E-state index in [1.54, 1.807) is 25.4 Å². The van der Waals surface area contributed by atoms with Crippen LogP contribution in [0, 0.1) is 28.6 Å². The summed E-state index contributed by atoms with van der Waals surface area (Å²) in [4.78, 5) is 17.5. The van der Waals surface area contributed by atoms with E-state index in [1.807, 2.05) is 18.2 Å². The van der Waals surface area contributed by atoms with E-state index in [0.29, 0.717) is 13.1 Å². The monoisotopic (exact) mass is 242 g/mol. The highest BCUT2D eigenvalue weighted by Gasteiger charge is 2.20. The molecule has 5 heteroatoms. The summed E-state index contributed by atoms with van der Waals surface area (Å²) in [6, 6.07) is 7.57. The Morgan fingerprint density at radius 3 is 2.89 bits per heavy atom. The molecule has 0 spiro atoms. The van der Waals surface area contributed by atoms with E-state index >= 15 is 0 Å². The molecule has 5 nitrogen and oxygen atoms in total. The maximum Gasteiger partial charge on any atom is 0.239 e. The summed E-state index contributed by atoms with van der Waals surface area (Å²) < 4.78 is 0. The molecule has 1 aromatic rings. The van der Waals surface area contributed by atoms with Gasteiger partial charge in [0.15, 0.2) is 0 Å². The van der Waals surface area contributed by atoms with Gasteiger partial charge in [0.2, 0.25) is 5.91 Å². The molecule has 1 atom stereocenters. The number of nitriles is 2. The van der Waals surface area contributed by atoms with Gasteiger partial charge in [0.05, 0.1) is 18.6 Å². The Bertz CT molecular complexity index is 472. The third-order valence-electron chi connectivity index (χ3n) is 2.47. The Hall–Kier alpha value is -2.40. The van der Waals surface area contributed by atoms with Gasteiger partial charge in [-0.1, -0.05) is 6.07 Å². The number of carbonyl (C=O) groups excluding carboxylic acids is 1. The van der Waals surface area contributed by atoms with Crippen molar-refractivity contribution in [3.05, 3.63) is 30.1 Å². The van der Waals surface area contributed by atoms with Gasteiger partial charge in [-0.05, 0) is 18.6 Å². The number of hydrogen-bond donors (Lipinski definition) is 0. The first-order valence-electron chi connectivity index (χ1n) is 5.63. The van der Waals surface area contributed by atoms with E-state index in [2.05, 4.69) is 4.98 Å². The van der Waals surface area contributed by atoms with Crippen LogP contribution in [0.1, 0.15) is 18.9 Å². The van der Waals surface area contributed by atoms with Crippen molar-refractivity contribution in [3.8, 4) is 12.1 Å². The summed E-state index contributed by atoms with van der Waals surface area (Å²) in [5, 5.41) is 17.4. The van der Waals surface area contributed by atoms with Crippen molar-refractivity contribution in [1.29, 1.82) is 10.5 Å². The van der Waals surface area contributed by atoms with Crippen molar-refractivity contribution >= 4 is 5.91 Å². The third kappa shape index (κ3) is 3.88. The maximum atomic E-state index is 12.0. The number of hydrogen-bond acceptors (Lipinski definition) is 4. The molecule has 1 unspecified atom stereocenters. The Labute approximate surface area is 106 Å². The SMILES string of the molecule is CC(C#N)C(=O)N(CCC#N)Cc1cccnc1. The second-order valence-electron chi connectivity index (χ2n) is 3.88. The van der Waals surface area contributed by atoms with Crippen LogP contribution >= 0.6 is 0 Å². The van der Waals surface area contributed by atoms with Crippen molar-refractivity contribution in [2.75, 3.05) is 6.54 Å². The number of amides is 1. The molecule has 0 saturated carbocycles. The Morgan fingerprint density at radius 2 is 2.33 bits per heavy atom. The maximum absolute atomic E-state index is 12.0. The van der Waals surface area contributed by atoms with Crippen LogP contribution in [-0.2, 0) is 11.3 Å². The first-order chi connectivity index (χ1) is 8.69. The Morgan fingerprint density at radius 1 is 1.56 bits per heavy atom. The first-order valence-corrected chi connectivity index (χ1v) is 5.63. The van der Waals surface area contributed by atoms with Crippen LogP contribution in [0.15, 0.2) is 24.5 Å². The zero-order valence-corrected chi connectivity index (χ0v) is 10.2. The van der Waals surface area contributed by atoms with Gasteiger partial charge in [-0.3, -0.25) is 9.78 Å². The van der Waals surface area contributed by atoms with Gasteiger partial charge in [0.1, 0.15) is 5.92 Å². The smallest absolute Gasteiger partial charge is 0.239 e. The topological polar surface area (TPSA) is 80.8 Å². The number of carbonyl (C=O) groups is 1. The lowest BCUT2D eigenvalue weighted by molar-refractivity contribution is -0.133. The molecule has 1 aromatic heterocycles. The lowest BCUT2D eigenvalue weighted by Crippen LogP contribution is -2.35. The summed E-state index contributed by atoms with van der Waals surface area (Å²) in [5.41, 5.74) is 0.883. The highest BCUT2D eigenvalue weighted by Crippen LogP contribution is 2.08. The molecule has 0 N–H and O–H groups in total. The van der Waals surface area contributed by atoms with Gasteiger partial charge in [-0.15, -0.1) is 0 Å². The minimum absolute atomic E-state index is 0.253. The molecule has 0 aliphatic heterocycles. The highest BCUT2D eigenvalue weighted by molar-refractivity contribution is 5.80. The van der Waals surface area contributed by atoms with Crippen molar-refractivity contribution in [3.63, 3.8) is 0 Å². The number of aromatic nitrogens is 1. The largest absolute Gasteiger partial charge is 0.336 e. The highest BCUT2D eigenvalue weighted by atomic mass is 16.2. The number of rotatable bonds is 5. The van der Waals surface area contributed by atoms with E-state index in [0.717, 1.165) is 5.56 Å². The molecule has 0 radical (unpaired) electrons. The van der Waals surface area contributed by atoms with E-state index in [9.17, 15) is 4.79 Å². The fourth-order valence-electron chi connectivity index (χ4n) is 1.49. The van der Waals surface area contributed by atoms with Gasteiger partial charge in [-0.2, -0.15) is 10.5 Å². The minimum Gasteiger partial charge on any atom is -0.336 e. The lowest BCUT2D eigenvalue weighted by atomic mass is 10.1. The average molecular weight is 242 g/mol. The predicted molar refractivity (Wildman–Crippen MR) is 64.7 cm³/mol. The van der Waals surface area contributed by atoms with Gasteiger partial charge in [-0.25, -0.2) is 0 Å². The second-order valence-corrected chi connectivity index (χ2v) is 3.88. The van der Waals surface area contributed by atoms with Crippen LogP contribution in [0.4, 0.5) is 0 Å². The molecule has 0 aliphatic carbocycles. The van der Waals surface area contributed by atoms with Crippen LogP contribution < -0.4 is 0 Å². The summed E-state index contributed by atoms with van der Waals surface area (Å²) in [7, 11) is 0. The Kier molecular flexibility index (Phi) is 5.34. The quantitative estimate of drug-likeness (QED) is 0.783. The molecular weight excluding hydrogens is 228 g/mol. The molecule has 18 heavy (non-hydrogen) atoms. The summed E-state index contributed by atoms with van der Waals surface area (Å²) >= 11 is 0. The van der Waals surface area contributed by atoms with Gasteiger partial charge >= 0.3 is 0 Å². The van der Waals surface area contributed by atoms with Gasteiger partial charge in [0, 0.05) is 25.5 Å². The van der Waals surface area contributed by atoms with Gasteiger partial charge < -0.3 is 4.90 Å². The number of pyridine rings is 1. The molecular formula is C13H14N4O. The van der Waals surface area contributed by atoms with Crippen molar-refractivity contribution in [1.82, 2.24) is 9.88 Å². The predicted octanol–water partition coefficient (Wildman–Crippen LogP) is 1.48. The van der Waals surface area contributed by atoms with Crippen molar-refractivity contribution in [2.45, 2.75) is 19.9 Å². The minimum atomic E-state index is -0.694. The fourth-order valence-corrected chi connectivity index (χ4v) is 1.49. The molecule has 1 heterocycles. The normalized spacial score (nSPS) is 11.1. The van der Waals surface area contributed by atoms with Crippen LogP contribution in [0.5, 0.6) is 0 Å². The molecule has 0 aromatic carbocycles. The summed E-state index contributed by atoms with van der Waals surface area (Å²) in [6.07, 6.45) is 3.58. The van der Waals surface area contributed by atoms with Crippen LogP contribution in [0.25, 0.3) is 0 Å². The lowest BCUT2D eigenvalue weighted by Gasteiger charge is -2.22. The van der Waals surface area contributed by atoms with Crippen LogP contribution in [-0.4, -0.2) is 22.3 Å². The standard InChI is InChI=1S/C13H14N4O/c1-11(8-15)13(18)17(7-3-5-14)10-12-4-2-6-16-9-12/h2,4,6,9,11H,3,7,10H2,1H3. The average Bonchev–Trinajstić information content (AvgIpc) is 2.42. The van der Waals surface area contributed by atoms with E-state index in [4.69, 9.17) is 10.5 Å². The van der Waals surface area contributed by atoms with Crippen LogP contribution in [0.2, 0.25) is 0 Å². The molecule has 0 aliphatic rings. The second kappa shape index (κ2) is 7.03. The fraction of sp³-hybridized carbons (Fsp3) is 0.385. The van der Waals surface area contributed by atoms with E-state index in [-0.39, 0.29) is 12.3 Å². The zero-order chi connectivity index (χ0) is 13.4. The van der Waals surface area contributed by atoms with Crippen molar-refractivity contribution < 1.29 is 4.79 Å².